The van der Waals surface area contributed by atoms with Gasteiger partial charge >= 0.3 is 0 Å². The highest BCUT2D eigenvalue weighted by Crippen LogP contribution is 2.22. The second kappa shape index (κ2) is 6.73. The Hall–Kier alpha value is -1.17. The Balaban J connectivity index is 1.73. The highest BCUT2D eigenvalue weighted by atomic mass is 15.4. The summed E-state index contributed by atoms with van der Waals surface area (Å²) in [4.78, 5) is 9.49. The van der Waals surface area contributed by atoms with Crippen molar-refractivity contribution in [1.29, 1.82) is 0 Å². The van der Waals surface area contributed by atoms with E-state index in [-0.39, 0.29) is 0 Å². The molecule has 5 nitrogen and oxygen atoms in total. The number of anilines is 1. The van der Waals surface area contributed by atoms with Gasteiger partial charge in [-0.1, -0.05) is 6.92 Å². The van der Waals surface area contributed by atoms with E-state index < -0.39 is 0 Å². The van der Waals surface area contributed by atoms with E-state index in [1.807, 2.05) is 12.3 Å². The van der Waals surface area contributed by atoms with Crippen molar-refractivity contribution in [2.24, 2.45) is 0 Å². The van der Waals surface area contributed by atoms with E-state index in [1.54, 1.807) is 6.20 Å². The van der Waals surface area contributed by atoms with Crippen LogP contribution in [0.3, 0.4) is 0 Å². The van der Waals surface area contributed by atoms with E-state index in [1.165, 1.54) is 38.3 Å². The highest BCUT2D eigenvalue weighted by molar-refractivity contribution is 5.44. The van der Waals surface area contributed by atoms with Crippen molar-refractivity contribution >= 4 is 5.69 Å². The number of rotatable bonds is 6. The molecule has 1 aromatic heterocycles. The van der Waals surface area contributed by atoms with E-state index in [9.17, 15) is 0 Å². The van der Waals surface area contributed by atoms with Crippen molar-refractivity contribution < 1.29 is 0 Å². The van der Waals surface area contributed by atoms with Crippen LogP contribution in [0.5, 0.6) is 0 Å². The number of nitrogens with two attached hydrogens (primary N) is 1. The summed E-state index contributed by atoms with van der Waals surface area (Å²) in [5.41, 5.74) is 8.15. The van der Waals surface area contributed by atoms with Gasteiger partial charge < -0.3 is 11.1 Å². The first-order valence-electron chi connectivity index (χ1n) is 8.16. The Labute approximate surface area is 127 Å². The lowest BCUT2D eigenvalue weighted by Gasteiger charge is -2.50. The fraction of sp³-hybridized carbons (Fsp3) is 0.688. The van der Waals surface area contributed by atoms with Gasteiger partial charge in [-0.2, -0.15) is 0 Å². The molecule has 0 aromatic carbocycles. The molecular weight excluding hydrogens is 262 g/mol. The van der Waals surface area contributed by atoms with Crippen molar-refractivity contribution in [2.45, 2.75) is 31.8 Å². The van der Waals surface area contributed by atoms with Gasteiger partial charge in [-0.25, -0.2) is 0 Å². The number of hydrogen-bond acceptors (Lipinski definition) is 5. The lowest BCUT2D eigenvalue weighted by atomic mass is 9.94. The van der Waals surface area contributed by atoms with E-state index in [2.05, 4.69) is 27.0 Å². The molecule has 3 aliphatic heterocycles. The van der Waals surface area contributed by atoms with Crippen molar-refractivity contribution in [3.63, 3.8) is 0 Å². The van der Waals surface area contributed by atoms with Gasteiger partial charge in [0.1, 0.15) is 0 Å². The molecular formula is C16H27N5. The molecule has 3 fully saturated rings. The van der Waals surface area contributed by atoms with Crippen LogP contribution in [0.25, 0.3) is 0 Å². The summed E-state index contributed by atoms with van der Waals surface area (Å²) in [6.07, 6.45) is 5.82. The van der Waals surface area contributed by atoms with Crippen LogP contribution in [0.15, 0.2) is 18.5 Å². The molecule has 2 bridgehead atoms. The number of fused-ring (bicyclic) bond motifs is 3. The molecule has 0 spiro atoms. The Kier molecular flexibility index (Phi) is 4.73. The summed E-state index contributed by atoms with van der Waals surface area (Å²) in [5, 5.41) is 3.75. The molecule has 2 atom stereocenters. The smallest absolute Gasteiger partial charge is 0.0380 e. The minimum Gasteiger partial charge on any atom is -0.398 e. The van der Waals surface area contributed by atoms with Gasteiger partial charge in [0.05, 0.1) is 0 Å². The van der Waals surface area contributed by atoms with Crippen LogP contribution in [0, 0.1) is 0 Å². The minimum absolute atomic E-state index is 0.458. The van der Waals surface area contributed by atoms with Gasteiger partial charge in [0.2, 0.25) is 0 Å². The third kappa shape index (κ3) is 3.36. The van der Waals surface area contributed by atoms with Crippen LogP contribution in [0.1, 0.15) is 18.9 Å². The normalized spacial score (nSPS) is 29.5. The first kappa shape index (κ1) is 14.8. The quantitative estimate of drug-likeness (QED) is 0.802. The molecule has 0 aliphatic carbocycles. The monoisotopic (exact) mass is 289 g/mol. The van der Waals surface area contributed by atoms with E-state index in [4.69, 9.17) is 5.73 Å². The average Bonchev–Trinajstić information content (AvgIpc) is 2.54. The van der Waals surface area contributed by atoms with Gasteiger partial charge in [-0.05, 0) is 31.0 Å². The number of piperazine rings is 3. The summed E-state index contributed by atoms with van der Waals surface area (Å²) in [5.74, 6) is 0. The number of nitrogens with zero attached hydrogens (tertiary/aromatic N) is 3. The van der Waals surface area contributed by atoms with Crippen LogP contribution < -0.4 is 11.1 Å². The molecule has 4 rings (SSSR count). The van der Waals surface area contributed by atoms with Gasteiger partial charge in [0.25, 0.3) is 0 Å². The number of aromatic nitrogens is 1. The van der Waals surface area contributed by atoms with Crippen molar-refractivity contribution in [2.75, 3.05) is 45.0 Å². The Morgan fingerprint density at radius 3 is 2.81 bits per heavy atom. The van der Waals surface area contributed by atoms with Crippen molar-refractivity contribution in [3.05, 3.63) is 24.0 Å². The molecule has 3 aliphatic rings. The average molecular weight is 289 g/mol. The van der Waals surface area contributed by atoms with Crippen molar-refractivity contribution in [3.8, 4) is 0 Å². The summed E-state index contributed by atoms with van der Waals surface area (Å²) >= 11 is 0. The molecule has 0 amide bonds. The molecule has 3 N–H and O–H groups in total. The van der Waals surface area contributed by atoms with Gasteiger partial charge in [0.15, 0.2) is 0 Å². The molecule has 0 radical (unpaired) electrons. The predicted octanol–water partition coefficient (Wildman–Crippen LogP) is 0.574. The Morgan fingerprint density at radius 1 is 1.38 bits per heavy atom. The number of nitrogens with one attached hydrogen (secondary N) is 1. The standard InChI is InChI=1S/C16H27N5/c1-2-4-19-15(10-13-11-18-5-3-14(13)17)16-12-20-6-8-21(16)9-7-20/h3,5,11,15-16,19H,2,4,6-10,12H2,1H3,(H2,17,18). The second-order valence-corrected chi connectivity index (χ2v) is 6.24. The molecule has 1 aromatic rings. The SMILES string of the molecule is CCCNC(Cc1cnccc1N)C1CN2CCN1CC2. The van der Waals surface area contributed by atoms with Gasteiger partial charge in [-0.3, -0.25) is 14.8 Å². The zero-order valence-corrected chi connectivity index (χ0v) is 13.0. The summed E-state index contributed by atoms with van der Waals surface area (Å²) in [6, 6.07) is 2.96. The fourth-order valence-electron chi connectivity index (χ4n) is 3.56. The number of hydrogen-bond donors (Lipinski definition) is 2. The molecule has 116 valence electrons. The number of pyridine rings is 1. The first-order valence-corrected chi connectivity index (χ1v) is 8.16. The second-order valence-electron chi connectivity index (χ2n) is 6.24. The summed E-state index contributed by atoms with van der Waals surface area (Å²) < 4.78 is 0. The number of nitrogen functional groups attached to an aromatic ring is 1. The molecule has 4 heterocycles. The van der Waals surface area contributed by atoms with Crippen LogP contribution in [0.4, 0.5) is 5.69 Å². The molecule has 2 unspecified atom stereocenters. The summed E-state index contributed by atoms with van der Waals surface area (Å²) in [7, 11) is 0. The first-order chi connectivity index (χ1) is 10.3. The van der Waals surface area contributed by atoms with Crippen LogP contribution in [-0.4, -0.2) is 66.1 Å². The maximum Gasteiger partial charge on any atom is 0.0380 e. The van der Waals surface area contributed by atoms with E-state index in [0.29, 0.717) is 12.1 Å². The third-order valence-electron chi connectivity index (χ3n) is 4.82. The zero-order valence-electron chi connectivity index (χ0n) is 13.0. The van der Waals surface area contributed by atoms with E-state index >= 15 is 0 Å². The topological polar surface area (TPSA) is 57.4 Å². The zero-order chi connectivity index (χ0) is 14.7. The summed E-state index contributed by atoms with van der Waals surface area (Å²) in [6.45, 7) is 9.34. The van der Waals surface area contributed by atoms with Crippen LogP contribution in [-0.2, 0) is 6.42 Å². The van der Waals surface area contributed by atoms with Crippen molar-refractivity contribution in [1.82, 2.24) is 20.1 Å². The Morgan fingerprint density at radius 2 is 2.19 bits per heavy atom. The van der Waals surface area contributed by atoms with E-state index in [0.717, 1.165) is 25.1 Å². The maximum absolute atomic E-state index is 6.11. The lowest BCUT2D eigenvalue weighted by molar-refractivity contribution is -0.00308. The van der Waals surface area contributed by atoms with Crippen LogP contribution >= 0.6 is 0 Å². The van der Waals surface area contributed by atoms with Crippen LogP contribution in [0.2, 0.25) is 0 Å². The highest BCUT2D eigenvalue weighted by Gasteiger charge is 2.36. The molecule has 21 heavy (non-hydrogen) atoms. The lowest BCUT2D eigenvalue weighted by Crippen LogP contribution is -2.66. The molecule has 3 saturated heterocycles. The molecule has 5 heteroatoms. The maximum atomic E-state index is 6.11. The fourth-order valence-corrected chi connectivity index (χ4v) is 3.56. The van der Waals surface area contributed by atoms with Gasteiger partial charge in [-0.15, -0.1) is 0 Å². The molecule has 0 saturated carbocycles. The van der Waals surface area contributed by atoms with Gasteiger partial charge in [0, 0.05) is 62.9 Å². The predicted molar refractivity (Wildman–Crippen MR) is 86.2 cm³/mol. The third-order valence-corrected chi connectivity index (χ3v) is 4.82. The Bertz CT molecular complexity index is 456. The minimum atomic E-state index is 0.458. The largest absolute Gasteiger partial charge is 0.398 e.